The molecule has 1 amide bonds. The number of hydrogen-bond acceptors (Lipinski definition) is 3. The van der Waals surface area contributed by atoms with Crippen LogP contribution in [0.2, 0.25) is 0 Å². The van der Waals surface area contributed by atoms with Crippen LogP contribution in [0.4, 0.5) is 4.79 Å². The predicted molar refractivity (Wildman–Crippen MR) is 67.3 cm³/mol. The molecule has 1 aliphatic carbocycles. The zero-order chi connectivity index (χ0) is 13.8. The molecular weight excluding hydrogens is 234 g/mol. The fourth-order valence-electron chi connectivity index (χ4n) is 1.90. The summed E-state index contributed by atoms with van der Waals surface area (Å²) in [4.78, 5) is 22.8. The Morgan fingerprint density at radius 2 is 2.11 bits per heavy atom. The maximum absolute atomic E-state index is 11.6. The van der Waals surface area contributed by atoms with Crippen LogP contribution < -0.4 is 5.32 Å². The normalized spacial score (nSPS) is 21.2. The molecule has 0 saturated carbocycles. The summed E-state index contributed by atoms with van der Waals surface area (Å²) >= 11 is 0. The largest absolute Gasteiger partial charge is 0.480 e. The van der Waals surface area contributed by atoms with Gasteiger partial charge in [-0.15, -0.1) is 0 Å². The number of nitrogens with one attached hydrogen (secondary N) is 1. The van der Waals surface area contributed by atoms with Gasteiger partial charge in [0.25, 0.3) is 0 Å². The first kappa shape index (κ1) is 14.5. The lowest BCUT2D eigenvalue weighted by molar-refractivity contribution is -0.140. The van der Waals surface area contributed by atoms with E-state index >= 15 is 0 Å². The molecule has 0 aromatic rings. The van der Waals surface area contributed by atoms with Gasteiger partial charge in [0.2, 0.25) is 0 Å². The van der Waals surface area contributed by atoms with Crippen molar-refractivity contribution in [3.05, 3.63) is 12.2 Å². The number of carbonyl (C=O) groups is 2. The molecule has 0 spiro atoms. The van der Waals surface area contributed by atoms with E-state index in [0.717, 1.165) is 19.3 Å². The number of hydrogen-bond donors (Lipinski definition) is 2. The highest BCUT2D eigenvalue weighted by Crippen LogP contribution is 2.21. The maximum atomic E-state index is 11.6. The summed E-state index contributed by atoms with van der Waals surface area (Å²) in [6.07, 6.45) is 5.81. The van der Waals surface area contributed by atoms with Crippen LogP contribution in [0.25, 0.3) is 0 Å². The van der Waals surface area contributed by atoms with Gasteiger partial charge in [-0.25, -0.2) is 9.59 Å². The van der Waals surface area contributed by atoms with Gasteiger partial charge in [0.1, 0.15) is 11.6 Å². The van der Waals surface area contributed by atoms with E-state index in [0.29, 0.717) is 0 Å². The molecular formula is C13H21NO4. The molecule has 2 N–H and O–H groups in total. The number of allylic oxidation sites excluding steroid dienone is 1. The van der Waals surface area contributed by atoms with E-state index in [1.54, 1.807) is 20.8 Å². The monoisotopic (exact) mass is 255 g/mol. The first-order valence-corrected chi connectivity index (χ1v) is 6.18. The van der Waals surface area contributed by atoms with Crippen molar-refractivity contribution in [3.8, 4) is 0 Å². The molecule has 0 fully saturated rings. The molecule has 18 heavy (non-hydrogen) atoms. The second-order valence-electron chi connectivity index (χ2n) is 5.49. The fourth-order valence-corrected chi connectivity index (χ4v) is 1.90. The number of carboxylic acid groups (broad SMARTS) is 1. The molecule has 2 atom stereocenters. The highest BCUT2D eigenvalue weighted by atomic mass is 16.6. The Kier molecular flexibility index (Phi) is 4.76. The van der Waals surface area contributed by atoms with Gasteiger partial charge in [0, 0.05) is 5.92 Å². The van der Waals surface area contributed by atoms with E-state index < -0.39 is 23.7 Å². The van der Waals surface area contributed by atoms with Crippen LogP contribution in [0.15, 0.2) is 12.2 Å². The van der Waals surface area contributed by atoms with Crippen molar-refractivity contribution >= 4 is 12.1 Å². The van der Waals surface area contributed by atoms with Crippen molar-refractivity contribution < 1.29 is 19.4 Å². The minimum absolute atomic E-state index is 0.163. The van der Waals surface area contributed by atoms with Crippen LogP contribution in [0.3, 0.4) is 0 Å². The number of alkyl carbamates (subject to hydrolysis) is 1. The highest BCUT2D eigenvalue weighted by Gasteiger charge is 2.30. The lowest BCUT2D eigenvalue weighted by atomic mass is 9.89. The van der Waals surface area contributed by atoms with Crippen molar-refractivity contribution in [3.63, 3.8) is 0 Å². The van der Waals surface area contributed by atoms with Crippen LogP contribution in [-0.4, -0.2) is 28.8 Å². The molecule has 0 radical (unpaired) electrons. The Bertz CT molecular complexity index is 343. The summed E-state index contributed by atoms with van der Waals surface area (Å²) in [5.74, 6) is -1.19. The smallest absolute Gasteiger partial charge is 0.408 e. The van der Waals surface area contributed by atoms with E-state index in [9.17, 15) is 9.59 Å². The molecule has 5 heteroatoms. The van der Waals surface area contributed by atoms with Gasteiger partial charge >= 0.3 is 12.1 Å². The zero-order valence-corrected chi connectivity index (χ0v) is 11.1. The number of carbonyl (C=O) groups excluding carboxylic acids is 1. The van der Waals surface area contributed by atoms with E-state index in [2.05, 4.69) is 5.32 Å². The number of carboxylic acids is 1. The number of ether oxygens (including phenoxy) is 1. The third kappa shape index (κ3) is 4.77. The van der Waals surface area contributed by atoms with E-state index in [4.69, 9.17) is 9.84 Å². The number of rotatable bonds is 3. The molecule has 0 aliphatic heterocycles. The highest BCUT2D eigenvalue weighted by molar-refractivity contribution is 5.80. The van der Waals surface area contributed by atoms with Crippen molar-refractivity contribution in [1.29, 1.82) is 0 Å². The second-order valence-corrected chi connectivity index (χ2v) is 5.49. The van der Waals surface area contributed by atoms with Gasteiger partial charge < -0.3 is 15.2 Å². The quantitative estimate of drug-likeness (QED) is 0.759. The van der Waals surface area contributed by atoms with Crippen LogP contribution in [0.1, 0.15) is 40.0 Å². The second kappa shape index (κ2) is 5.89. The van der Waals surface area contributed by atoms with Gasteiger partial charge in [-0.1, -0.05) is 12.2 Å². The average Bonchev–Trinajstić information content (AvgIpc) is 2.24. The third-order valence-corrected chi connectivity index (χ3v) is 2.66. The molecule has 0 heterocycles. The van der Waals surface area contributed by atoms with Gasteiger partial charge in [-0.05, 0) is 40.0 Å². The summed E-state index contributed by atoms with van der Waals surface area (Å²) in [5.41, 5.74) is -0.629. The van der Waals surface area contributed by atoms with Gasteiger partial charge in [0.15, 0.2) is 0 Å². The molecule has 0 bridgehead atoms. The minimum atomic E-state index is -1.03. The molecule has 0 saturated heterocycles. The first-order chi connectivity index (χ1) is 8.29. The standard InChI is InChI=1S/C13H21NO4/c1-13(2,3)18-12(17)14-10(11(15)16)9-7-5-4-6-8-9/h5,7,9-10H,4,6,8H2,1-3H3,(H,14,17)(H,15,16). The van der Waals surface area contributed by atoms with Gasteiger partial charge in [0.05, 0.1) is 0 Å². The fraction of sp³-hybridized carbons (Fsp3) is 0.692. The third-order valence-electron chi connectivity index (χ3n) is 2.66. The molecule has 102 valence electrons. The van der Waals surface area contributed by atoms with Crippen LogP contribution in [0, 0.1) is 5.92 Å². The topological polar surface area (TPSA) is 75.6 Å². The van der Waals surface area contributed by atoms with Crippen LogP contribution >= 0.6 is 0 Å². The predicted octanol–water partition coefficient (Wildman–Crippen LogP) is 2.32. The molecule has 0 aromatic heterocycles. The summed E-state index contributed by atoms with van der Waals surface area (Å²) in [6.45, 7) is 5.22. The number of amides is 1. The van der Waals surface area contributed by atoms with Crippen LogP contribution in [-0.2, 0) is 9.53 Å². The first-order valence-electron chi connectivity index (χ1n) is 6.18. The number of aliphatic carboxylic acids is 1. The Morgan fingerprint density at radius 1 is 1.44 bits per heavy atom. The molecule has 0 aromatic carbocycles. The van der Waals surface area contributed by atoms with Crippen LogP contribution in [0.5, 0.6) is 0 Å². The Hall–Kier alpha value is -1.52. The van der Waals surface area contributed by atoms with Crippen molar-refractivity contribution in [2.75, 3.05) is 0 Å². The average molecular weight is 255 g/mol. The zero-order valence-electron chi connectivity index (χ0n) is 11.1. The molecule has 1 aliphatic rings. The van der Waals surface area contributed by atoms with E-state index in [-0.39, 0.29) is 5.92 Å². The maximum Gasteiger partial charge on any atom is 0.408 e. The van der Waals surface area contributed by atoms with Crippen molar-refractivity contribution in [2.24, 2.45) is 5.92 Å². The molecule has 5 nitrogen and oxygen atoms in total. The Labute approximate surface area is 107 Å². The summed E-state index contributed by atoms with van der Waals surface area (Å²) in [6, 6.07) is -0.920. The summed E-state index contributed by atoms with van der Waals surface area (Å²) in [5, 5.41) is 11.6. The van der Waals surface area contributed by atoms with E-state index in [1.165, 1.54) is 0 Å². The summed E-state index contributed by atoms with van der Waals surface area (Å²) < 4.78 is 5.07. The molecule has 1 rings (SSSR count). The van der Waals surface area contributed by atoms with E-state index in [1.807, 2.05) is 12.2 Å². The lowest BCUT2D eigenvalue weighted by Gasteiger charge is -2.26. The minimum Gasteiger partial charge on any atom is -0.480 e. The lowest BCUT2D eigenvalue weighted by Crippen LogP contribution is -2.47. The molecule has 2 unspecified atom stereocenters. The van der Waals surface area contributed by atoms with Crippen molar-refractivity contribution in [1.82, 2.24) is 5.32 Å². The summed E-state index contributed by atoms with van der Waals surface area (Å²) in [7, 11) is 0. The van der Waals surface area contributed by atoms with Crippen molar-refractivity contribution in [2.45, 2.75) is 51.7 Å². The Morgan fingerprint density at radius 3 is 2.56 bits per heavy atom. The SMILES string of the molecule is CC(C)(C)OC(=O)NC(C(=O)O)C1C=CCCC1. The van der Waals surface area contributed by atoms with Gasteiger partial charge in [-0.2, -0.15) is 0 Å². The van der Waals surface area contributed by atoms with Gasteiger partial charge in [-0.3, -0.25) is 0 Å². The Balaban J connectivity index is 2.63.